The van der Waals surface area contributed by atoms with Gasteiger partial charge in [-0.15, -0.1) is 6.58 Å². The number of carbonyl (C=O) groups excluding carboxylic acids is 1. The largest absolute Gasteiger partial charge is 0.487 e. The number of aliphatic hydroxyl groups excluding tert-OH is 1. The van der Waals surface area contributed by atoms with Gasteiger partial charge in [0.15, 0.2) is 0 Å². The lowest BCUT2D eigenvalue weighted by atomic mass is 9.69. The van der Waals surface area contributed by atoms with E-state index in [1.54, 1.807) is 12.1 Å². The van der Waals surface area contributed by atoms with Crippen molar-refractivity contribution in [3.05, 3.63) is 70.8 Å². The average molecular weight is 526 g/mol. The van der Waals surface area contributed by atoms with Gasteiger partial charge in [0.25, 0.3) is 0 Å². The average Bonchev–Trinajstić information content (AvgIpc) is 2.88. The van der Waals surface area contributed by atoms with E-state index in [0.717, 1.165) is 67.2 Å². The first-order valence-electron chi connectivity index (χ1n) is 13.6. The molecule has 6 heteroatoms. The smallest absolute Gasteiger partial charge is 0.338 e. The normalized spacial score (nSPS) is 20.5. The molecule has 200 valence electrons. The predicted molar refractivity (Wildman–Crippen MR) is 150 cm³/mol. The number of ether oxygens (including phenoxy) is 2. The minimum Gasteiger partial charge on any atom is -0.487 e. The van der Waals surface area contributed by atoms with Crippen molar-refractivity contribution in [2.45, 2.75) is 65.1 Å². The van der Waals surface area contributed by atoms with E-state index in [9.17, 15) is 9.90 Å². The van der Waals surface area contributed by atoms with Crippen molar-refractivity contribution in [2.75, 3.05) is 24.6 Å². The zero-order valence-electron chi connectivity index (χ0n) is 22.1. The van der Waals surface area contributed by atoms with E-state index in [1.807, 2.05) is 44.2 Å². The van der Waals surface area contributed by atoms with Crippen molar-refractivity contribution in [1.82, 2.24) is 0 Å². The number of hydrogen-bond donors (Lipinski definition) is 1. The molecular weight excluding hydrogens is 486 g/mol. The first-order chi connectivity index (χ1) is 17.9. The Labute approximate surface area is 226 Å². The topological polar surface area (TPSA) is 59.0 Å². The molecule has 3 atom stereocenters. The molecule has 1 N–H and O–H groups in total. The van der Waals surface area contributed by atoms with Gasteiger partial charge in [0.2, 0.25) is 0 Å². The lowest BCUT2D eigenvalue weighted by Crippen LogP contribution is -2.43. The van der Waals surface area contributed by atoms with Crippen LogP contribution in [0.25, 0.3) is 0 Å². The van der Waals surface area contributed by atoms with Gasteiger partial charge in [0.05, 0.1) is 24.0 Å². The molecule has 0 bridgehead atoms. The molecule has 1 saturated carbocycles. The number of aliphatic hydroxyl groups is 1. The molecule has 0 amide bonds. The third kappa shape index (κ3) is 7.08. The van der Waals surface area contributed by atoms with E-state index in [-0.39, 0.29) is 23.9 Å². The second-order valence-corrected chi connectivity index (χ2v) is 11.3. The molecule has 2 aliphatic rings. The maximum absolute atomic E-state index is 12.8. The van der Waals surface area contributed by atoms with Crippen molar-refractivity contribution in [3.8, 4) is 5.75 Å². The summed E-state index contributed by atoms with van der Waals surface area (Å²) < 4.78 is 11.9. The van der Waals surface area contributed by atoms with Gasteiger partial charge in [-0.1, -0.05) is 37.6 Å². The molecule has 0 radical (unpaired) electrons. The maximum atomic E-state index is 12.8. The predicted octanol–water partition coefficient (Wildman–Crippen LogP) is 6.84. The Kier molecular flexibility index (Phi) is 9.55. The van der Waals surface area contributed by atoms with Crippen LogP contribution in [0.1, 0.15) is 67.4 Å². The van der Waals surface area contributed by atoms with Crippen molar-refractivity contribution < 1.29 is 19.4 Å². The Morgan fingerprint density at radius 3 is 2.78 bits per heavy atom. The first-order valence-corrected chi connectivity index (χ1v) is 14.0. The summed E-state index contributed by atoms with van der Waals surface area (Å²) in [6.07, 6.45) is 7.17. The summed E-state index contributed by atoms with van der Waals surface area (Å²) in [6, 6.07) is 11.6. The molecule has 0 unspecified atom stereocenters. The summed E-state index contributed by atoms with van der Waals surface area (Å²) in [5.74, 6) is 1.38. The Balaban J connectivity index is 1.63. The highest BCUT2D eigenvalue weighted by atomic mass is 35.5. The number of carbonyl (C=O) groups is 1. The molecular formula is C31H40ClNO4. The highest BCUT2D eigenvalue weighted by Crippen LogP contribution is 2.41. The van der Waals surface area contributed by atoms with Gasteiger partial charge in [-0.25, -0.2) is 4.79 Å². The molecule has 37 heavy (non-hydrogen) atoms. The molecule has 1 aliphatic carbocycles. The Bertz CT molecular complexity index is 1080. The van der Waals surface area contributed by atoms with E-state index in [2.05, 4.69) is 11.5 Å². The Hall–Kier alpha value is -2.50. The van der Waals surface area contributed by atoms with Crippen LogP contribution in [0.15, 0.2) is 49.1 Å². The number of halogens is 1. The number of rotatable bonds is 8. The molecule has 0 spiro atoms. The number of nitrogens with zero attached hydrogens (tertiary/aromatic N) is 1. The summed E-state index contributed by atoms with van der Waals surface area (Å²) in [5.41, 5.74) is 3.81. The van der Waals surface area contributed by atoms with Crippen LogP contribution >= 0.6 is 11.6 Å². The van der Waals surface area contributed by atoms with E-state index in [0.29, 0.717) is 31.1 Å². The van der Waals surface area contributed by atoms with Gasteiger partial charge < -0.3 is 19.5 Å². The molecule has 5 nitrogen and oxygen atoms in total. The van der Waals surface area contributed by atoms with E-state index in [4.69, 9.17) is 21.1 Å². The third-order valence-corrected chi connectivity index (χ3v) is 7.83. The molecule has 2 aromatic carbocycles. The number of hydrogen-bond acceptors (Lipinski definition) is 5. The van der Waals surface area contributed by atoms with Gasteiger partial charge in [0, 0.05) is 18.1 Å². The quantitative estimate of drug-likeness (QED) is 0.302. The zero-order chi connectivity index (χ0) is 26.4. The van der Waals surface area contributed by atoms with Crippen molar-refractivity contribution in [2.24, 2.45) is 17.8 Å². The second-order valence-electron chi connectivity index (χ2n) is 10.9. The minimum absolute atomic E-state index is 0.270. The Morgan fingerprint density at radius 2 is 2.05 bits per heavy atom. The molecule has 2 aromatic rings. The summed E-state index contributed by atoms with van der Waals surface area (Å²) >= 11 is 6.29. The zero-order valence-corrected chi connectivity index (χ0v) is 22.9. The fraction of sp³-hybridized carbons (Fsp3) is 0.516. The number of esters is 1. The van der Waals surface area contributed by atoms with E-state index >= 15 is 0 Å². The van der Waals surface area contributed by atoms with E-state index < -0.39 is 0 Å². The molecule has 0 aromatic heterocycles. The summed E-state index contributed by atoms with van der Waals surface area (Å²) in [4.78, 5) is 15.2. The minimum atomic E-state index is -0.354. The Morgan fingerprint density at radius 1 is 1.22 bits per heavy atom. The standard InChI is InChI=1S/C31H40ClNO4/c1-4-7-29(34)27-13-10-24(27)18-33-15-6-5-8-22-16-26(32)12-9-25(22)20-36-30-14-11-23(17-28(30)33)31(35)37-19-21(2)3/h4,9,11-12,14,16-17,21,24,27,29,34H,1,5-8,10,13,15,18-20H2,2-3H3/t24-,27+,29-/m0/s1. The first kappa shape index (κ1) is 27.5. The summed E-state index contributed by atoms with van der Waals surface area (Å²) in [5, 5.41) is 11.4. The summed E-state index contributed by atoms with van der Waals surface area (Å²) in [6.45, 7) is 10.3. The van der Waals surface area contributed by atoms with Gasteiger partial charge in [-0.2, -0.15) is 0 Å². The van der Waals surface area contributed by atoms with Crippen LogP contribution in [0.5, 0.6) is 5.75 Å². The molecule has 1 aliphatic heterocycles. The van der Waals surface area contributed by atoms with Crippen LogP contribution < -0.4 is 9.64 Å². The number of anilines is 1. The molecule has 1 heterocycles. The molecule has 0 saturated heterocycles. The van der Waals surface area contributed by atoms with Crippen LogP contribution in [-0.4, -0.2) is 36.9 Å². The fourth-order valence-corrected chi connectivity index (χ4v) is 5.54. The highest BCUT2D eigenvalue weighted by Gasteiger charge is 2.37. The van der Waals surface area contributed by atoms with Crippen LogP contribution in [-0.2, 0) is 17.8 Å². The van der Waals surface area contributed by atoms with Crippen LogP contribution in [0.3, 0.4) is 0 Å². The lowest BCUT2D eigenvalue weighted by Gasteiger charge is -2.43. The SMILES string of the molecule is C=CC[C@H](O)[C@@H]1CC[C@H]1CN1CCCCc2cc(Cl)ccc2COc2ccc(C(=O)OCC(C)C)cc21. The number of fused-ring (bicyclic) bond motifs is 2. The number of benzene rings is 2. The van der Waals surface area contributed by atoms with Crippen LogP contribution in [0.4, 0.5) is 5.69 Å². The van der Waals surface area contributed by atoms with Crippen molar-refractivity contribution in [3.63, 3.8) is 0 Å². The summed E-state index contributed by atoms with van der Waals surface area (Å²) in [7, 11) is 0. The van der Waals surface area contributed by atoms with Crippen molar-refractivity contribution in [1.29, 1.82) is 0 Å². The van der Waals surface area contributed by atoms with Crippen LogP contribution in [0.2, 0.25) is 5.02 Å². The monoisotopic (exact) mass is 525 g/mol. The van der Waals surface area contributed by atoms with Gasteiger partial charge in [-0.3, -0.25) is 0 Å². The molecule has 1 fully saturated rings. The molecule has 4 rings (SSSR count). The van der Waals surface area contributed by atoms with Crippen molar-refractivity contribution >= 4 is 23.3 Å². The van der Waals surface area contributed by atoms with Crippen LogP contribution in [0, 0.1) is 17.8 Å². The highest BCUT2D eigenvalue weighted by molar-refractivity contribution is 6.30. The lowest BCUT2D eigenvalue weighted by molar-refractivity contribution is 0.0181. The maximum Gasteiger partial charge on any atom is 0.338 e. The third-order valence-electron chi connectivity index (χ3n) is 7.59. The number of aryl methyl sites for hydroxylation is 1. The second kappa shape index (κ2) is 12.8. The fourth-order valence-electron chi connectivity index (χ4n) is 5.35. The van der Waals surface area contributed by atoms with E-state index in [1.165, 1.54) is 5.56 Å². The van der Waals surface area contributed by atoms with Gasteiger partial charge in [0.1, 0.15) is 12.4 Å². The van der Waals surface area contributed by atoms with Gasteiger partial charge >= 0.3 is 5.97 Å². The van der Waals surface area contributed by atoms with Gasteiger partial charge in [-0.05, 0) is 97.7 Å².